The quantitative estimate of drug-likeness (QED) is 0.470. The van der Waals surface area contributed by atoms with Crippen LogP contribution in [0.4, 0.5) is 0 Å². The second-order valence-corrected chi connectivity index (χ2v) is 9.43. The van der Waals surface area contributed by atoms with Gasteiger partial charge in [-0.3, -0.25) is 19.3 Å². The molecule has 8 nitrogen and oxygen atoms in total. The molecular weight excluding hydrogens is 452 g/mol. The number of rotatable bonds is 7. The Bertz CT molecular complexity index is 1080. The highest BCUT2D eigenvalue weighted by Crippen LogP contribution is 2.44. The van der Waals surface area contributed by atoms with Crippen molar-refractivity contribution in [3.05, 3.63) is 69.6 Å². The summed E-state index contributed by atoms with van der Waals surface area (Å²) in [5.74, 6) is -2.39. The van der Waals surface area contributed by atoms with Gasteiger partial charge in [-0.25, -0.2) is 4.79 Å². The van der Waals surface area contributed by atoms with Gasteiger partial charge in [0.2, 0.25) is 5.91 Å². The summed E-state index contributed by atoms with van der Waals surface area (Å²) in [5.41, 5.74) is 0.749. The molecule has 1 saturated heterocycles. The third-order valence-corrected chi connectivity index (χ3v) is 7.31. The van der Waals surface area contributed by atoms with Crippen LogP contribution < -0.4 is 5.32 Å². The third-order valence-electron chi connectivity index (χ3n) is 5.13. The molecule has 0 radical (unpaired) electrons. The van der Waals surface area contributed by atoms with Crippen LogP contribution in [-0.2, 0) is 30.3 Å². The molecule has 1 fully saturated rings. The van der Waals surface area contributed by atoms with Crippen molar-refractivity contribution in [2.75, 3.05) is 5.75 Å². The topological polar surface area (TPSA) is 113 Å². The third kappa shape index (κ3) is 4.28. The van der Waals surface area contributed by atoms with Gasteiger partial charge in [-0.1, -0.05) is 36.4 Å². The monoisotopic (exact) mass is 472 g/mol. The van der Waals surface area contributed by atoms with E-state index in [1.807, 2.05) is 17.5 Å². The van der Waals surface area contributed by atoms with Crippen molar-refractivity contribution in [3.8, 4) is 0 Å². The van der Waals surface area contributed by atoms with Crippen LogP contribution in [-0.4, -0.2) is 50.9 Å². The number of benzene rings is 1. The van der Waals surface area contributed by atoms with Gasteiger partial charge in [0.1, 0.15) is 17.1 Å². The first-order chi connectivity index (χ1) is 15.4. The summed E-state index contributed by atoms with van der Waals surface area (Å²) in [5, 5.41) is 14.0. The van der Waals surface area contributed by atoms with E-state index in [4.69, 9.17) is 4.74 Å². The van der Waals surface area contributed by atoms with Gasteiger partial charge in [-0.2, -0.15) is 0 Å². The molecule has 2 aliphatic heterocycles. The van der Waals surface area contributed by atoms with Gasteiger partial charge in [-0.05, 0) is 17.0 Å². The van der Waals surface area contributed by atoms with Gasteiger partial charge in [0.25, 0.3) is 5.91 Å². The van der Waals surface area contributed by atoms with E-state index >= 15 is 0 Å². The number of nitrogens with one attached hydrogen (secondary N) is 1. The molecule has 1 aromatic heterocycles. The fourth-order valence-corrected chi connectivity index (χ4v) is 5.85. The van der Waals surface area contributed by atoms with Crippen molar-refractivity contribution in [1.82, 2.24) is 10.2 Å². The van der Waals surface area contributed by atoms with Gasteiger partial charge < -0.3 is 15.2 Å². The highest BCUT2D eigenvalue weighted by molar-refractivity contribution is 8.00. The lowest BCUT2D eigenvalue weighted by Crippen LogP contribution is -2.70. The lowest BCUT2D eigenvalue weighted by molar-refractivity contribution is -0.151. The zero-order chi connectivity index (χ0) is 22.8. The number of carbonyl (C=O) groups is 4. The van der Waals surface area contributed by atoms with Crippen molar-refractivity contribution in [2.24, 2.45) is 0 Å². The molecule has 166 valence electrons. The Labute approximate surface area is 192 Å². The van der Waals surface area contributed by atoms with Gasteiger partial charge >= 0.3 is 11.9 Å². The Morgan fingerprint density at radius 3 is 2.59 bits per heavy atom. The van der Waals surface area contributed by atoms with Gasteiger partial charge in [0.15, 0.2) is 6.10 Å². The number of fused-ring (bicyclic) bond motifs is 1. The number of hydrogen-bond acceptors (Lipinski definition) is 7. The SMILES string of the molecule is CC(=O)OC(C1=C(C(=O)O)N2C(=O)[C@@H](NC(=O)Cc3cccs3)[C@@H]2SC1)c1ccccc1. The molecule has 2 aromatic rings. The van der Waals surface area contributed by atoms with Crippen LogP contribution in [0.5, 0.6) is 0 Å². The van der Waals surface area contributed by atoms with Crippen molar-refractivity contribution in [2.45, 2.75) is 30.9 Å². The Kier molecular flexibility index (Phi) is 6.33. The smallest absolute Gasteiger partial charge is 0.352 e. The Morgan fingerprint density at radius 2 is 1.97 bits per heavy atom. The zero-order valence-corrected chi connectivity index (χ0v) is 18.7. The molecule has 4 rings (SSSR count). The molecule has 2 aliphatic rings. The highest BCUT2D eigenvalue weighted by Gasteiger charge is 2.55. The number of esters is 1. The minimum atomic E-state index is -1.28. The molecule has 0 saturated carbocycles. The molecule has 0 bridgehead atoms. The van der Waals surface area contributed by atoms with Gasteiger partial charge in [0, 0.05) is 23.1 Å². The van der Waals surface area contributed by atoms with E-state index in [0.29, 0.717) is 11.1 Å². The summed E-state index contributed by atoms with van der Waals surface area (Å²) < 4.78 is 5.47. The fourth-order valence-electron chi connectivity index (χ4n) is 3.77. The second-order valence-electron chi connectivity index (χ2n) is 7.29. The first kappa shape index (κ1) is 22.1. The first-order valence-corrected chi connectivity index (χ1v) is 11.7. The summed E-state index contributed by atoms with van der Waals surface area (Å²) in [6, 6.07) is 11.7. The molecule has 10 heteroatoms. The molecule has 1 unspecified atom stereocenters. The van der Waals surface area contributed by atoms with Crippen LogP contribution in [0.1, 0.15) is 23.5 Å². The van der Waals surface area contributed by atoms with Crippen LogP contribution in [0.3, 0.4) is 0 Å². The lowest BCUT2D eigenvalue weighted by atomic mass is 9.96. The molecule has 32 heavy (non-hydrogen) atoms. The van der Waals surface area contributed by atoms with E-state index < -0.39 is 35.4 Å². The average molecular weight is 473 g/mol. The summed E-state index contributed by atoms with van der Waals surface area (Å²) in [4.78, 5) is 51.2. The molecule has 2 N–H and O–H groups in total. The summed E-state index contributed by atoms with van der Waals surface area (Å²) >= 11 is 2.78. The van der Waals surface area contributed by atoms with Crippen molar-refractivity contribution in [1.29, 1.82) is 0 Å². The Morgan fingerprint density at radius 1 is 1.22 bits per heavy atom. The van der Waals surface area contributed by atoms with E-state index in [-0.39, 0.29) is 23.8 Å². The van der Waals surface area contributed by atoms with Crippen molar-refractivity contribution in [3.63, 3.8) is 0 Å². The van der Waals surface area contributed by atoms with Crippen LogP contribution in [0.15, 0.2) is 59.1 Å². The van der Waals surface area contributed by atoms with E-state index in [2.05, 4.69) is 5.32 Å². The highest BCUT2D eigenvalue weighted by atomic mass is 32.2. The number of thioether (sulfide) groups is 1. The van der Waals surface area contributed by atoms with Gasteiger partial charge in [0.05, 0.1) is 6.42 Å². The normalized spacial score (nSPS) is 20.8. The number of carboxylic acids is 1. The number of carboxylic acid groups (broad SMARTS) is 1. The maximum Gasteiger partial charge on any atom is 0.352 e. The number of aliphatic carboxylic acids is 1. The van der Waals surface area contributed by atoms with E-state index in [9.17, 15) is 24.3 Å². The first-order valence-electron chi connectivity index (χ1n) is 9.81. The maximum atomic E-state index is 12.9. The van der Waals surface area contributed by atoms with Crippen molar-refractivity contribution >= 4 is 46.9 Å². The standard InChI is InChI=1S/C22H20N2O6S2/c1-12(25)30-19(13-6-3-2-4-7-13)15-11-32-21-17(20(27)24(21)18(15)22(28)29)23-16(26)10-14-8-5-9-31-14/h2-9,17,19,21H,10-11H2,1H3,(H,23,26)(H,28,29)/t17-,19?,21+/m1/s1. The van der Waals surface area contributed by atoms with Crippen LogP contribution in [0.2, 0.25) is 0 Å². The second kappa shape index (κ2) is 9.17. The predicted molar refractivity (Wildman–Crippen MR) is 119 cm³/mol. The summed E-state index contributed by atoms with van der Waals surface area (Å²) in [6.07, 6.45) is -0.762. The molecule has 0 spiro atoms. The number of β-lactam (4-membered cyclic amide) rings is 1. The van der Waals surface area contributed by atoms with Crippen LogP contribution >= 0.6 is 23.1 Å². The van der Waals surface area contributed by atoms with E-state index in [1.165, 1.54) is 34.9 Å². The van der Waals surface area contributed by atoms with Crippen LogP contribution in [0, 0.1) is 0 Å². The number of hydrogen-bond donors (Lipinski definition) is 2. The van der Waals surface area contributed by atoms with Gasteiger partial charge in [-0.15, -0.1) is 23.1 Å². The maximum absolute atomic E-state index is 12.9. The number of thiophene rings is 1. The Balaban J connectivity index is 1.59. The van der Waals surface area contributed by atoms with E-state index in [0.717, 1.165) is 4.88 Å². The molecule has 0 aliphatic carbocycles. The molecular formula is C22H20N2O6S2. The minimum absolute atomic E-state index is 0.161. The molecule has 1 aromatic carbocycles. The molecule has 3 heterocycles. The average Bonchev–Trinajstić information content (AvgIpc) is 3.28. The predicted octanol–water partition coefficient (Wildman–Crippen LogP) is 2.33. The number of nitrogens with zero attached hydrogens (tertiary/aromatic N) is 1. The number of carbonyl (C=O) groups excluding carboxylic acids is 3. The van der Waals surface area contributed by atoms with Crippen molar-refractivity contribution < 1.29 is 29.0 Å². The minimum Gasteiger partial charge on any atom is -0.477 e. The lowest BCUT2D eigenvalue weighted by Gasteiger charge is -2.50. The zero-order valence-electron chi connectivity index (χ0n) is 17.0. The van der Waals surface area contributed by atoms with Crippen LogP contribution in [0.25, 0.3) is 0 Å². The largest absolute Gasteiger partial charge is 0.477 e. The summed E-state index contributed by atoms with van der Waals surface area (Å²) in [7, 11) is 0. The number of ether oxygens (including phenoxy) is 1. The summed E-state index contributed by atoms with van der Waals surface area (Å²) in [6.45, 7) is 1.25. The number of amides is 2. The fraction of sp³-hybridized carbons (Fsp3) is 0.273. The molecule has 2 amide bonds. The van der Waals surface area contributed by atoms with E-state index in [1.54, 1.807) is 30.3 Å². The molecule has 3 atom stereocenters. The Hall–Kier alpha value is -3.11.